The van der Waals surface area contributed by atoms with Gasteiger partial charge in [0.2, 0.25) is 5.13 Å². The summed E-state index contributed by atoms with van der Waals surface area (Å²) in [6.07, 6.45) is 8.07. The number of anilines is 1. The van der Waals surface area contributed by atoms with E-state index in [1.165, 1.54) is 75.8 Å². The second-order valence-electron chi connectivity index (χ2n) is 6.60. The van der Waals surface area contributed by atoms with Crippen molar-refractivity contribution in [2.45, 2.75) is 56.8 Å². The maximum atomic E-state index is 12.5. The molecule has 160 valence electrons. The molecular formula is C19H28N4O4S2. The molecule has 1 N–H and O–H groups in total. The number of nitrogens with zero attached hydrogens (tertiary/aromatic N) is 3. The van der Waals surface area contributed by atoms with Gasteiger partial charge < -0.3 is 0 Å². The first kappa shape index (κ1) is 23.4. The highest BCUT2D eigenvalue weighted by molar-refractivity contribution is 7.89. The van der Waals surface area contributed by atoms with Gasteiger partial charge >= 0.3 is 0 Å². The number of unbranched alkanes of at least 4 members (excludes halogenated alkanes) is 5. The van der Waals surface area contributed by atoms with Gasteiger partial charge in [-0.05, 0) is 24.6 Å². The van der Waals surface area contributed by atoms with E-state index in [0.29, 0.717) is 5.13 Å². The Hall–Kier alpha value is -1.88. The Kier molecular flexibility index (Phi) is 9.15. The Labute approximate surface area is 176 Å². The third-order valence-corrected chi connectivity index (χ3v) is 7.00. The number of aryl methyl sites for hydroxylation is 1. The second kappa shape index (κ2) is 11.3. The van der Waals surface area contributed by atoms with Crippen LogP contribution in [-0.2, 0) is 21.3 Å². The molecule has 1 aromatic carbocycles. The van der Waals surface area contributed by atoms with E-state index in [4.69, 9.17) is 4.84 Å². The molecule has 0 atom stereocenters. The van der Waals surface area contributed by atoms with Gasteiger partial charge in [-0.25, -0.2) is 8.42 Å². The monoisotopic (exact) mass is 440 g/mol. The van der Waals surface area contributed by atoms with Crippen LogP contribution in [-0.4, -0.2) is 43.1 Å². The van der Waals surface area contributed by atoms with E-state index in [1.54, 1.807) is 6.07 Å². The van der Waals surface area contributed by atoms with Crippen LogP contribution in [0, 0.1) is 0 Å². The van der Waals surface area contributed by atoms with E-state index in [0.717, 1.165) is 22.3 Å². The minimum Gasteiger partial charge on any atom is -0.296 e. The molecule has 0 saturated carbocycles. The molecule has 29 heavy (non-hydrogen) atoms. The lowest BCUT2D eigenvalue weighted by Crippen LogP contribution is -2.26. The maximum Gasteiger partial charge on any atom is 0.264 e. The minimum absolute atomic E-state index is 0.0319. The van der Waals surface area contributed by atoms with Crippen LogP contribution in [0.1, 0.15) is 60.8 Å². The van der Waals surface area contributed by atoms with E-state index >= 15 is 0 Å². The number of benzene rings is 1. The first-order chi connectivity index (χ1) is 13.9. The quantitative estimate of drug-likeness (QED) is 0.397. The first-order valence-electron chi connectivity index (χ1n) is 9.65. The molecule has 0 aliphatic carbocycles. The highest BCUT2D eigenvalue weighted by Crippen LogP contribution is 2.20. The Morgan fingerprint density at radius 3 is 2.62 bits per heavy atom. The highest BCUT2D eigenvalue weighted by atomic mass is 32.2. The summed E-state index contributed by atoms with van der Waals surface area (Å²) in [5.41, 5.74) is 0.211. The fourth-order valence-electron chi connectivity index (χ4n) is 2.68. The SMILES string of the molecule is CCCCCCCCc1nnc(NC(=O)c2cccc(S(=O)(=O)N(C)OC)c2)s1. The normalized spacial score (nSPS) is 11.7. The molecular weight excluding hydrogens is 412 g/mol. The van der Waals surface area contributed by atoms with E-state index in [2.05, 4.69) is 22.4 Å². The van der Waals surface area contributed by atoms with Gasteiger partial charge in [-0.2, -0.15) is 0 Å². The number of hydrogen-bond acceptors (Lipinski definition) is 7. The summed E-state index contributed by atoms with van der Waals surface area (Å²) in [7, 11) is -1.28. The van der Waals surface area contributed by atoms with Crippen molar-refractivity contribution < 1.29 is 18.0 Å². The van der Waals surface area contributed by atoms with Crippen molar-refractivity contribution in [3.05, 3.63) is 34.8 Å². The Morgan fingerprint density at radius 2 is 1.90 bits per heavy atom. The Morgan fingerprint density at radius 1 is 1.17 bits per heavy atom. The third-order valence-electron chi connectivity index (χ3n) is 4.42. The number of nitrogens with one attached hydrogen (secondary N) is 1. The summed E-state index contributed by atoms with van der Waals surface area (Å²) in [5.74, 6) is -0.440. The lowest BCUT2D eigenvalue weighted by atomic mass is 10.1. The predicted molar refractivity (Wildman–Crippen MR) is 113 cm³/mol. The molecule has 0 saturated heterocycles. The third kappa shape index (κ3) is 6.84. The van der Waals surface area contributed by atoms with Crippen LogP contribution in [0.15, 0.2) is 29.2 Å². The predicted octanol–water partition coefficient (Wildman–Crippen LogP) is 3.88. The van der Waals surface area contributed by atoms with Gasteiger partial charge in [-0.3, -0.25) is 14.9 Å². The number of carbonyl (C=O) groups is 1. The number of hydroxylamine groups is 1. The summed E-state index contributed by atoms with van der Waals surface area (Å²) in [4.78, 5) is 17.2. The fraction of sp³-hybridized carbons (Fsp3) is 0.526. The van der Waals surface area contributed by atoms with E-state index < -0.39 is 15.9 Å². The molecule has 0 fully saturated rings. The van der Waals surface area contributed by atoms with Crippen molar-refractivity contribution in [1.82, 2.24) is 14.7 Å². The Balaban J connectivity index is 1.94. The van der Waals surface area contributed by atoms with Gasteiger partial charge in [0.15, 0.2) is 0 Å². The number of hydrogen-bond donors (Lipinski definition) is 1. The standard InChI is InChI=1S/C19H28N4O4S2/c1-4-5-6-7-8-9-13-17-21-22-19(28-17)20-18(24)15-11-10-12-16(14-15)29(25,26)23(2)27-3/h10-12,14H,4-9,13H2,1-3H3,(H,20,22,24). The van der Waals surface area contributed by atoms with Gasteiger partial charge in [0.25, 0.3) is 15.9 Å². The van der Waals surface area contributed by atoms with Crippen molar-refractivity contribution in [1.29, 1.82) is 0 Å². The van der Waals surface area contributed by atoms with Gasteiger partial charge in [0, 0.05) is 19.0 Å². The van der Waals surface area contributed by atoms with Crippen LogP contribution in [0.4, 0.5) is 5.13 Å². The van der Waals surface area contributed by atoms with Crippen molar-refractivity contribution in [2.75, 3.05) is 19.5 Å². The van der Waals surface area contributed by atoms with Crippen molar-refractivity contribution in [3.63, 3.8) is 0 Å². The van der Waals surface area contributed by atoms with Crippen molar-refractivity contribution in [2.24, 2.45) is 0 Å². The topological polar surface area (TPSA) is 101 Å². The summed E-state index contributed by atoms with van der Waals surface area (Å²) >= 11 is 1.34. The molecule has 0 aliphatic rings. The van der Waals surface area contributed by atoms with Gasteiger partial charge in [0.1, 0.15) is 5.01 Å². The molecule has 2 aromatic rings. The van der Waals surface area contributed by atoms with Crippen LogP contribution >= 0.6 is 11.3 Å². The van der Waals surface area contributed by atoms with E-state index in [1.807, 2.05) is 0 Å². The molecule has 10 heteroatoms. The van der Waals surface area contributed by atoms with Gasteiger partial charge in [-0.15, -0.1) is 10.2 Å². The zero-order chi connectivity index (χ0) is 21.3. The molecule has 0 bridgehead atoms. The molecule has 0 unspecified atom stereocenters. The average Bonchev–Trinajstić information content (AvgIpc) is 3.17. The molecule has 2 rings (SSSR count). The average molecular weight is 441 g/mol. The lowest BCUT2D eigenvalue weighted by molar-refractivity contribution is -0.0258. The summed E-state index contributed by atoms with van der Waals surface area (Å²) in [5, 5.41) is 12.1. The highest BCUT2D eigenvalue weighted by Gasteiger charge is 2.22. The molecule has 0 aliphatic heterocycles. The van der Waals surface area contributed by atoms with Crippen LogP contribution in [0.5, 0.6) is 0 Å². The van der Waals surface area contributed by atoms with E-state index in [9.17, 15) is 13.2 Å². The smallest absolute Gasteiger partial charge is 0.264 e. The second-order valence-corrected chi connectivity index (χ2v) is 9.60. The summed E-state index contributed by atoms with van der Waals surface area (Å²) in [6, 6.07) is 5.76. The molecule has 1 aromatic heterocycles. The van der Waals surface area contributed by atoms with E-state index in [-0.39, 0.29) is 10.5 Å². The lowest BCUT2D eigenvalue weighted by Gasteiger charge is -2.14. The zero-order valence-electron chi connectivity index (χ0n) is 17.1. The van der Waals surface area contributed by atoms with Crippen LogP contribution in [0.25, 0.3) is 0 Å². The fourth-order valence-corrected chi connectivity index (χ4v) is 4.47. The van der Waals surface area contributed by atoms with Crippen LogP contribution in [0.2, 0.25) is 0 Å². The number of sulfonamides is 1. The first-order valence-corrected chi connectivity index (χ1v) is 11.9. The van der Waals surface area contributed by atoms with Crippen molar-refractivity contribution >= 4 is 32.4 Å². The molecule has 0 radical (unpaired) electrons. The van der Waals surface area contributed by atoms with Crippen LogP contribution < -0.4 is 5.32 Å². The number of carbonyl (C=O) groups excluding carboxylic acids is 1. The molecule has 8 nitrogen and oxygen atoms in total. The largest absolute Gasteiger partial charge is 0.296 e. The minimum atomic E-state index is -3.83. The molecule has 1 heterocycles. The Bertz CT molecular complexity index is 899. The zero-order valence-corrected chi connectivity index (χ0v) is 18.7. The van der Waals surface area contributed by atoms with Crippen molar-refractivity contribution in [3.8, 4) is 0 Å². The molecule has 0 spiro atoms. The van der Waals surface area contributed by atoms with Crippen LogP contribution in [0.3, 0.4) is 0 Å². The van der Waals surface area contributed by atoms with Gasteiger partial charge in [-0.1, -0.05) is 60.9 Å². The summed E-state index contributed by atoms with van der Waals surface area (Å²) in [6.45, 7) is 2.20. The molecule has 1 amide bonds. The van der Waals surface area contributed by atoms with Gasteiger partial charge in [0.05, 0.1) is 12.0 Å². The summed E-state index contributed by atoms with van der Waals surface area (Å²) < 4.78 is 25.4. The number of rotatable bonds is 12. The maximum absolute atomic E-state index is 12.5. The number of aromatic nitrogens is 2. The number of amides is 1.